The van der Waals surface area contributed by atoms with Gasteiger partial charge in [0.1, 0.15) is 11.1 Å². The molecular formula is C36H46N8O5. The standard InChI is InChI=1S/C36H46N8O5/c1-35(2,3)49-34(48)42-17-13-25(14-18-42)43-22-28-23(9-10-30-27(28)20-37-40-30)19-36(4,31(43)45)39-33(47)41-15-11-26(12-16-41)44-21-24-7-5-6-8-29(24)38-32(44)46/h5-10,20,25-26H,11-19,21-22H2,1-4H3,(H,37,40)(H,38,46)(H,39,47)/t36-/m1/s1. The number of benzene rings is 2. The van der Waals surface area contributed by atoms with Crippen molar-refractivity contribution in [3.8, 4) is 0 Å². The maximum absolute atomic E-state index is 14.6. The molecule has 5 heterocycles. The van der Waals surface area contributed by atoms with Crippen molar-refractivity contribution in [2.75, 3.05) is 31.5 Å². The highest BCUT2D eigenvalue weighted by Crippen LogP contribution is 2.34. The van der Waals surface area contributed by atoms with Crippen molar-refractivity contribution in [1.29, 1.82) is 0 Å². The highest BCUT2D eigenvalue weighted by Gasteiger charge is 2.45. The summed E-state index contributed by atoms with van der Waals surface area (Å²) in [4.78, 5) is 61.5. The fraction of sp³-hybridized carbons (Fsp3) is 0.528. The summed E-state index contributed by atoms with van der Waals surface area (Å²) in [6.07, 6.45) is 4.31. The number of nitrogens with zero attached hydrogens (tertiary/aromatic N) is 5. The number of aromatic nitrogens is 2. The van der Waals surface area contributed by atoms with Gasteiger partial charge in [-0.25, -0.2) is 14.4 Å². The predicted octanol–water partition coefficient (Wildman–Crippen LogP) is 4.83. The van der Waals surface area contributed by atoms with E-state index in [0.29, 0.717) is 71.4 Å². The Morgan fingerprint density at radius 1 is 0.898 bits per heavy atom. The van der Waals surface area contributed by atoms with Crippen molar-refractivity contribution in [1.82, 2.24) is 35.1 Å². The molecule has 1 aromatic heterocycles. The number of hydrogen-bond acceptors (Lipinski definition) is 6. The molecule has 260 valence electrons. The average Bonchev–Trinajstić information content (AvgIpc) is 3.52. The van der Waals surface area contributed by atoms with Crippen LogP contribution in [0.2, 0.25) is 0 Å². The van der Waals surface area contributed by atoms with E-state index in [1.807, 2.05) is 73.9 Å². The SMILES string of the molecule is CC(C)(C)OC(=O)N1CCC(N2Cc3c(ccc4[nH]ncc34)C[C@@](C)(NC(=O)N3CCC(N4Cc5ccccc5NC4=O)CC3)C2=O)CC1. The number of ether oxygens (including phenoxy) is 1. The third kappa shape index (κ3) is 6.50. The highest BCUT2D eigenvalue weighted by atomic mass is 16.6. The van der Waals surface area contributed by atoms with Gasteiger partial charge in [0, 0.05) is 68.8 Å². The number of fused-ring (bicyclic) bond motifs is 4. The molecule has 4 aliphatic heterocycles. The van der Waals surface area contributed by atoms with Gasteiger partial charge < -0.3 is 35.0 Å². The van der Waals surface area contributed by atoms with Crippen LogP contribution in [0.25, 0.3) is 10.9 Å². The number of piperidine rings is 2. The molecule has 2 aromatic carbocycles. The van der Waals surface area contributed by atoms with Gasteiger partial charge in [-0.05, 0) is 82.2 Å². The van der Waals surface area contributed by atoms with Crippen molar-refractivity contribution >= 4 is 40.7 Å². The number of rotatable bonds is 3. The monoisotopic (exact) mass is 670 g/mol. The van der Waals surface area contributed by atoms with Crippen LogP contribution >= 0.6 is 0 Å². The average molecular weight is 671 g/mol. The first kappa shape index (κ1) is 32.7. The topological polar surface area (TPSA) is 143 Å². The quantitative estimate of drug-likeness (QED) is 0.365. The summed E-state index contributed by atoms with van der Waals surface area (Å²) in [5, 5.41) is 14.4. The van der Waals surface area contributed by atoms with E-state index in [9.17, 15) is 19.2 Å². The first-order valence-electron chi connectivity index (χ1n) is 17.3. The molecule has 49 heavy (non-hydrogen) atoms. The van der Waals surface area contributed by atoms with Crippen molar-refractivity contribution in [3.05, 3.63) is 59.3 Å². The van der Waals surface area contributed by atoms with Crippen LogP contribution in [0.4, 0.5) is 20.1 Å². The van der Waals surface area contributed by atoms with Crippen LogP contribution in [-0.2, 0) is 29.0 Å². The van der Waals surface area contributed by atoms with Crippen molar-refractivity contribution in [2.45, 2.75) is 96.1 Å². The molecule has 6 amide bonds. The van der Waals surface area contributed by atoms with E-state index in [0.717, 1.165) is 33.3 Å². The number of likely N-dealkylation sites (tertiary alicyclic amines) is 2. The lowest BCUT2D eigenvalue weighted by Crippen LogP contribution is -2.63. The van der Waals surface area contributed by atoms with Gasteiger partial charge >= 0.3 is 18.2 Å². The Bertz CT molecular complexity index is 1770. The maximum atomic E-state index is 14.6. The first-order chi connectivity index (χ1) is 23.4. The Balaban J connectivity index is 1.06. The second kappa shape index (κ2) is 12.6. The van der Waals surface area contributed by atoms with Gasteiger partial charge in [0.05, 0.1) is 11.7 Å². The minimum absolute atomic E-state index is 0.0128. The number of urea groups is 2. The maximum Gasteiger partial charge on any atom is 0.410 e. The fourth-order valence-electron chi connectivity index (χ4n) is 7.78. The van der Waals surface area contributed by atoms with Crippen molar-refractivity contribution < 1.29 is 23.9 Å². The molecule has 1 atom stereocenters. The molecule has 0 aliphatic carbocycles. The van der Waals surface area contributed by atoms with E-state index in [4.69, 9.17) is 4.74 Å². The van der Waals surface area contributed by atoms with Gasteiger partial charge in [0.25, 0.3) is 0 Å². The molecule has 4 aliphatic rings. The number of carbonyl (C=O) groups is 4. The molecule has 2 saturated heterocycles. The van der Waals surface area contributed by atoms with E-state index in [2.05, 4.69) is 20.8 Å². The molecule has 13 nitrogen and oxygen atoms in total. The first-order valence-corrected chi connectivity index (χ1v) is 17.3. The lowest BCUT2D eigenvalue weighted by Gasteiger charge is -2.43. The Hall–Kier alpha value is -4.81. The molecule has 0 bridgehead atoms. The van der Waals surface area contributed by atoms with Crippen LogP contribution < -0.4 is 10.6 Å². The lowest BCUT2D eigenvalue weighted by molar-refractivity contribution is -0.141. The summed E-state index contributed by atoms with van der Waals surface area (Å²) >= 11 is 0. The number of amides is 6. The van der Waals surface area contributed by atoms with Crippen molar-refractivity contribution in [3.63, 3.8) is 0 Å². The van der Waals surface area contributed by atoms with Crippen LogP contribution in [-0.4, -0.2) is 103 Å². The number of carbonyl (C=O) groups excluding carboxylic acids is 4. The summed E-state index contributed by atoms with van der Waals surface area (Å²) in [6, 6.07) is 11.3. The summed E-state index contributed by atoms with van der Waals surface area (Å²) in [6.45, 7) is 10.2. The van der Waals surface area contributed by atoms with Crippen LogP contribution in [0.1, 0.15) is 70.1 Å². The van der Waals surface area contributed by atoms with E-state index in [-0.39, 0.29) is 36.1 Å². The number of hydrogen-bond donors (Lipinski definition) is 3. The number of aromatic amines is 1. The lowest BCUT2D eigenvalue weighted by atomic mass is 9.90. The summed E-state index contributed by atoms with van der Waals surface area (Å²) in [7, 11) is 0. The third-order valence-corrected chi connectivity index (χ3v) is 10.4. The summed E-state index contributed by atoms with van der Waals surface area (Å²) in [5.74, 6) is -0.136. The van der Waals surface area contributed by atoms with Crippen LogP contribution in [0.3, 0.4) is 0 Å². The molecule has 0 unspecified atom stereocenters. The van der Waals surface area contributed by atoms with E-state index in [1.165, 1.54) is 0 Å². The predicted molar refractivity (Wildman–Crippen MR) is 184 cm³/mol. The Kier molecular flexibility index (Phi) is 8.40. The minimum atomic E-state index is -1.20. The summed E-state index contributed by atoms with van der Waals surface area (Å²) < 4.78 is 5.60. The van der Waals surface area contributed by atoms with Crippen LogP contribution in [0.15, 0.2) is 42.6 Å². The Morgan fingerprint density at radius 3 is 2.29 bits per heavy atom. The molecule has 0 radical (unpaired) electrons. The minimum Gasteiger partial charge on any atom is -0.444 e. The number of para-hydroxylation sites is 1. The van der Waals surface area contributed by atoms with E-state index < -0.39 is 11.1 Å². The number of H-pyrrole nitrogens is 1. The molecule has 0 spiro atoms. The van der Waals surface area contributed by atoms with Crippen LogP contribution in [0.5, 0.6) is 0 Å². The second-order valence-electron chi connectivity index (χ2n) is 15.0. The van der Waals surface area contributed by atoms with Crippen molar-refractivity contribution in [2.24, 2.45) is 0 Å². The zero-order valence-electron chi connectivity index (χ0n) is 28.8. The molecule has 7 rings (SSSR count). The summed E-state index contributed by atoms with van der Waals surface area (Å²) in [5.41, 5.74) is 3.05. The molecule has 2 fully saturated rings. The Morgan fingerprint density at radius 2 is 1.57 bits per heavy atom. The van der Waals surface area contributed by atoms with Gasteiger partial charge in [-0.3, -0.25) is 9.89 Å². The third-order valence-electron chi connectivity index (χ3n) is 10.4. The van der Waals surface area contributed by atoms with E-state index >= 15 is 0 Å². The molecular weight excluding hydrogens is 624 g/mol. The fourth-order valence-corrected chi connectivity index (χ4v) is 7.78. The van der Waals surface area contributed by atoms with Gasteiger partial charge in [0.15, 0.2) is 0 Å². The van der Waals surface area contributed by atoms with Gasteiger partial charge in [-0.15, -0.1) is 0 Å². The molecule has 13 heteroatoms. The van der Waals surface area contributed by atoms with Gasteiger partial charge in [-0.2, -0.15) is 5.10 Å². The molecule has 3 N–H and O–H groups in total. The van der Waals surface area contributed by atoms with Gasteiger partial charge in [0.2, 0.25) is 5.91 Å². The largest absolute Gasteiger partial charge is 0.444 e. The Labute approximate surface area is 286 Å². The van der Waals surface area contributed by atoms with Gasteiger partial charge in [-0.1, -0.05) is 24.3 Å². The number of nitrogens with one attached hydrogen (secondary N) is 3. The van der Waals surface area contributed by atoms with E-state index in [1.54, 1.807) is 16.0 Å². The zero-order valence-corrected chi connectivity index (χ0v) is 28.8. The second-order valence-corrected chi connectivity index (χ2v) is 15.0. The molecule has 0 saturated carbocycles. The van der Waals surface area contributed by atoms with Crippen LogP contribution in [0, 0.1) is 0 Å². The zero-order chi connectivity index (χ0) is 34.5. The normalized spacial score (nSPS) is 22.4. The molecule has 3 aromatic rings. The highest BCUT2D eigenvalue weighted by molar-refractivity contribution is 5.94. The number of anilines is 1. The smallest absolute Gasteiger partial charge is 0.410 e.